The lowest BCUT2D eigenvalue weighted by atomic mass is 9.97. The average Bonchev–Trinajstić information content (AvgIpc) is 3.71. The number of hydrogen-bond donors (Lipinski definition) is 0. The van der Waals surface area contributed by atoms with Crippen LogP contribution < -0.4 is 4.90 Å². The van der Waals surface area contributed by atoms with Crippen molar-refractivity contribution in [1.29, 1.82) is 0 Å². The third-order valence-corrected chi connectivity index (χ3v) is 10.6. The summed E-state index contributed by atoms with van der Waals surface area (Å²) < 4.78 is 118. The molecule has 0 fully saturated rings. The highest BCUT2D eigenvalue weighted by molar-refractivity contribution is 6.10. The number of rotatable bonds is 7. The topological polar surface area (TPSA) is 8.17 Å². The molecule has 0 amide bonds. The van der Waals surface area contributed by atoms with Crippen LogP contribution in [-0.2, 0) is 0 Å². The molecule has 2 nitrogen and oxygen atoms in total. The molecule has 0 aliphatic carbocycles. The summed E-state index contributed by atoms with van der Waals surface area (Å²) in [6.07, 6.45) is 0. The van der Waals surface area contributed by atoms with Gasteiger partial charge in [-0.1, -0.05) is 176 Å². The fraction of sp³-hybridized carbons (Fsp3) is 0. The van der Waals surface area contributed by atoms with Gasteiger partial charge in [-0.05, 0) is 104 Å². The average molecular weight is 751 g/mol. The molecule has 58 heavy (non-hydrogen) atoms. The smallest absolute Gasteiger partial charge is 0.0645 e. The Morgan fingerprint density at radius 3 is 1.14 bits per heavy atom. The second-order valence-electron chi connectivity index (χ2n) is 13.9. The standard InChI is InChI=1S/C56H38N2/c1-3-17-47-39(13-1)15-11-22-49(47)41-27-33-44(34-28-41)57(45-35-29-42(30-36-45)50-23-12-16-40-14-2-4-18-48(40)50)46-37-31-43(32-38-46)51-19-5-8-24-54(51)58-55-25-9-6-20-52(55)53-21-7-10-26-56(53)58/h1-38H/i27D,28D,29D,30D,31D,32D,33D,34D,35D,36D,37D,38D. The summed E-state index contributed by atoms with van der Waals surface area (Å²) in [5, 5.41) is 4.85. The summed E-state index contributed by atoms with van der Waals surface area (Å²) in [6.45, 7) is 0. The molecule has 1 heterocycles. The minimum atomic E-state index is -0.682. The Kier molecular flexibility index (Phi) is 5.70. The van der Waals surface area contributed by atoms with Crippen LogP contribution in [0.25, 0.3) is 82.4 Å². The number of nitrogens with zero attached hydrogens (tertiary/aromatic N) is 2. The summed E-state index contributed by atoms with van der Waals surface area (Å²) in [7, 11) is 0. The molecule has 0 aliphatic rings. The molecular weight excluding hydrogens is 701 g/mol. The number of anilines is 3. The van der Waals surface area contributed by atoms with Crippen molar-refractivity contribution in [2.45, 2.75) is 0 Å². The van der Waals surface area contributed by atoms with Crippen molar-refractivity contribution in [3.8, 4) is 39.1 Å². The van der Waals surface area contributed by atoms with Gasteiger partial charge in [-0.2, -0.15) is 0 Å². The zero-order valence-corrected chi connectivity index (χ0v) is 30.9. The monoisotopic (exact) mass is 750 g/mol. The van der Waals surface area contributed by atoms with Gasteiger partial charge in [-0.15, -0.1) is 0 Å². The summed E-state index contributed by atoms with van der Waals surface area (Å²) in [5.41, 5.74) is 1.51. The van der Waals surface area contributed by atoms with E-state index < -0.39 is 89.6 Å². The molecule has 11 aromatic rings. The molecule has 10 aromatic carbocycles. The van der Waals surface area contributed by atoms with Crippen LogP contribution >= 0.6 is 0 Å². The molecule has 0 aliphatic heterocycles. The summed E-state index contributed by atoms with van der Waals surface area (Å²) in [5.74, 6) is 0. The molecule has 0 N–H and O–H groups in total. The van der Waals surface area contributed by atoms with E-state index in [-0.39, 0.29) is 16.7 Å². The van der Waals surface area contributed by atoms with E-state index in [2.05, 4.69) is 0 Å². The molecular formula is C56H38N2. The van der Waals surface area contributed by atoms with Crippen LogP contribution in [0.5, 0.6) is 0 Å². The first kappa shape index (κ1) is 23.4. The van der Waals surface area contributed by atoms with Crippen molar-refractivity contribution in [2.24, 2.45) is 0 Å². The molecule has 272 valence electrons. The predicted molar refractivity (Wildman–Crippen MR) is 247 cm³/mol. The SMILES string of the molecule is [2H]c1c([2H])c(N(c2c([2H])c([2H])c(-c3cccc4ccccc34)c([2H])c2[2H])c2c([2H])c([2H])c(-c3cccc4ccccc34)c([2H])c2[2H])c([2H])c([2H])c1-c1ccccc1-n1c2ccccc2c2ccccc21. The van der Waals surface area contributed by atoms with Crippen molar-refractivity contribution in [3.63, 3.8) is 0 Å². The van der Waals surface area contributed by atoms with E-state index in [4.69, 9.17) is 0 Å². The normalized spacial score (nSPS) is 14.3. The van der Waals surface area contributed by atoms with Crippen LogP contribution in [0.2, 0.25) is 0 Å². The van der Waals surface area contributed by atoms with Crippen molar-refractivity contribution < 1.29 is 16.4 Å². The van der Waals surface area contributed by atoms with Crippen LogP contribution in [0, 0.1) is 0 Å². The predicted octanol–water partition coefficient (Wildman–Crippen LogP) is 15.6. The highest BCUT2D eigenvalue weighted by Gasteiger charge is 2.18. The van der Waals surface area contributed by atoms with Gasteiger partial charge >= 0.3 is 0 Å². The molecule has 0 spiro atoms. The van der Waals surface area contributed by atoms with E-state index in [1.165, 1.54) is 0 Å². The molecule has 2 heteroatoms. The van der Waals surface area contributed by atoms with Crippen molar-refractivity contribution in [2.75, 3.05) is 4.90 Å². The highest BCUT2D eigenvalue weighted by atomic mass is 15.1. The molecule has 11 rings (SSSR count). The zero-order chi connectivity index (χ0) is 48.9. The Hall–Kier alpha value is -7.68. The molecule has 0 atom stereocenters. The minimum Gasteiger partial charge on any atom is -0.311 e. The van der Waals surface area contributed by atoms with E-state index in [0.29, 0.717) is 33.2 Å². The van der Waals surface area contributed by atoms with E-state index >= 15 is 0 Å². The van der Waals surface area contributed by atoms with E-state index in [9.17, 15) is 16.4 Å². The third-order valence-electron chi connectivity index (χ3n) is 10.6. The lowest BCUT2D eigenvalue weighted by Crippen LogP contribution is -2.09. The maximum atomic E-state index is 9.82. The maximum Gasteiger partial charge on any atom is 0.0645 e. The Morgan fingerprint density at radius 2 is 0.655 bits per heavy atom. The number of benzene rings is 10. The molecule has 0 radical (unpaired) electrons. The van der Waals surface area contributed by atoms with Crippen molar-refractivity contribution >= 4 is 60.4 Å². The van der Waals surface area contributed by atoms with Crippen LogP contribution in [0.15, 0.2) is 230 Å². The summed E-state index contributed by atoms with van der Waals surface area (Å²) in [6, 6.07) is 40.9. The Bertz CT molecular complexity index is 3720. The zero-order valence-electron chi connectivity index (χ0n) is 42.9. The molecule has 0 saturated carbocycles. The van der Waals surface area contributed by atoms with Gasteiger partial charge in [0.25, 0.3) is 0 Å². The van der Waals surface area contributed by atoms with E-state index in [1.54, 1.807) is 48.5 Å². The fourth-order valence-corrected chi connectivity index (χ4v) is 7.94. The Morgan fingerprint density at radius 1 is 0.310 bits per heavy atom. The first-order chi connectivity index (χ1) is 33.8. The number of hydrogen-bond acceptors (Lipinski definition) is 1. The van der Waals surface area contributed by atoms with E-state index in [1.807, 2.05) is 114 Å². The van der Waals surface area contributed by atoms with Crippen LogP contribution in [-0.4, -0.2) is 4.57 Å². The Labute approximate surface area is 355 Å². The van der Waals surface area contributed by atoms with Crippen LogP contribution in [0.4, 0.5) is 17.1 Å². The van der Waals surface area contributed by atoms with Crippen LogP contribution in [0.1, 0.15) is 16.4 Å². The maximum absolute atomic E-state index is 9.82. The Balaban J connectivity index is 1.21. The minimum absolute atomic E-state index is 0.0436. The number of aromatic nitrogens is 1. The quantitative estimate of drug-likeness (QED) is 0.157. The first-order valence-electron chi connectivity index (χ1n) is 25.0. The molecule has 0 unspecified atom stereocenters. The van der Waals surface area contributed by atoms with Gasteiger partial charge in [0.1, 0.15) is 0 Å². The van der Waals surface area contributed by atoms with E-state index in [0.717, 1.165) is 37.5 Å². The van der Waals surface area contributed by atoms with Gasteiger partial charge in [-0.3, -0.25) is 0 Å². The van der Waals surface area contributed by atoms with Gasteiger partial charge in [-0.25, -0.2) is 0 Å². The third kappa shape index (κ3) is 5.74. The van der Waals surface area contributed by atoms with Gasteiger partial charge in [0.2, 0.25) is 0 Å². The lowest BCUT2D eigenvalue weighted by molar-refractivity contribution is 1.18. The molecule has 0 bridgehead atoms. The van der Waals surface area contributed by atoms with Gasteiger partial charge in [0.05, 0.1) is 33.2 Å². The second kappa shape index (κ2) is 14.1. The fourth-order valence-electron chi connectivity index (χ4n) is 7.94. The largest absolute Gasteiger partial charge is 0.311 e. The first-order valence-corrected chi connectivity index (χ1v) is 19.0. The van der Waals surface area contributed by atoms with Crippen molar-refractivity contribution in [1.82, 2.24) is 4.57 Å². The molecule has 1 aromatic heterocycles. The molecule has 0 saturated heterocycles. The van der Waals surface area contributed by atoms with Gasteiger partial charge in [0.15, 0.2) is 0 Å². The lowest BCUT2D eigenvalue weighted by Gasteiger charge is -2.26. The van der Waals surface area contributed by atoms with Gasteiger partial charge < -0.3 is 9.47 Å². The highest BCUT2D eigenvalue weighted by Crippen LogP contribution is 2.41. The summed E-state index contributed by atoms with van der Waals surface area (Å²) >= 11 is 0. The van der Waals surface area contributed by atoms with Gasteiger partial charge in [0, 0.05) is 33.4 Å². The number of fused-ring (bicyclic) bond motifs is 5. The second-order valence-corrected chi connectivity index (χ2v) is 13.9. The van der Waals surface area contributed by atoms with Crippen molar-refractivity contribution in [3.05, 3.63) is 230 Å². The summed E-state index contributed by atoms with van der Waals surface area (Å²) in [4.78, 5) is 0.866. The van der Waals surface area contributed by atoms with Crippen LogP contribution in [0.3, 0.4) is 0 Å². The number of para-hydroxylation sites is 3.